The van der Waals surface area contributed by atoms with Gasteiger partial charge in [0.25, 0.3) is 0 Å². The average molecular weight is 301 g/mol. The molecule has 0 saturated carbocycles. The lowest BCUT2D eigenvalue weighted by molar-refractivity contribution is -0.141. The second-order valence-electron chi connectivity index (χ2n) is 5.00. The summed E-state index contributed by atoms with van der Waals surface area (Å²) >= 11 is 0. The Labute approximate surface area is 119 Å². The second kappa shape index (κ2) is 5.75. The molecule has 1 saturated heterocycles. The largest absolute Gasteiger partial charge is 0.481 e. The van der Waals surface area contributed by atoms with E-state index >= 15 is 0 Å². The van der Waals surface area contributed by atoms with Crippen LogP contribution < -0.4 is 0 Å². The van der Waals surface area contributed by atoms with E-state index in [1.165, 1.54) is 23.1 Å². The van der Waals surface area contributed by atoms with Crippen molar-refractivity contribution >= 4 is 11.9 Å². The minimum Gasteiger partial charge on any atom is -0.481 e. The summed E-state index contributed by atoms with van der Waals surface area (Å²) in [4.78, 5) is 24.2. The third-order valence-electron chi connectivity index (χ3n) is 3.55. The fourth-order valence-electron chi connectivity index (χ4n) is 2.41. The van der Waals surface area contributed by atoms with Crippen molar-refractivity contribution in [1.29, 1.82) is 0 Å². The van der Waals surface area contributed by atoms with Crippen molar-refractivity contribution in [2.75, 3.05) is 13.1 Å². The first-order valence-electron chi connectivity index (χ1n) is 6.44. The molecule has 1 aliphatic heterocycles. The van der Waals surface area contributed by atoms with Crippen LogP contribution in [0.2, 0.25) is 0 Å². The Morgan fingerprint density at radius 1 is 1.29 bits per heavy atom. The van der Waals surface area contributed by atoms with E-state index in [4.69, 9.17) is 5.11 Å². The van der Waals surface area contributed by atoms with Crippen molar-refractivity contribution in [2.45, 2.75) is 19.0 Å². The van der Waals surface area contributed by atoms with Crippen LogP contribution in [0.25, 0.3) is 0 Å². The van der Waals surface area contributed by atoms with E-state index in [0.717, 1.165) is 6.07 Å². The van der Waals surface area contributed by atoms with E-state index in [-0.39, 0.29) is 25.1 Å². The summed E-state index contributed by atoms with van der Waals surface area (Å²) in [6.45, 7) is 0.326. The first-order chi connectivity index (χ1) is 9.79. The number of benzene rings is 1. The van der Waals surface area contributed by atoms with Crippen LogP contribution in [-0.4, -0.2) is 35.0 Å². The number of aliphatic carboxylic acids is 1. The zero-order valence-electron chi connectivity index (χ0n) is 11.1. The molecule has 0 bridgehead atoms. The number of carbonyl (C=O) groups is 2. The van der Waals surface area contributed by atoms with Crippen molar-refractivity contribution in [3.63, 3.8) is 0 Å². The third-order valence-corrected chi connectivity index (χ3v) is 3.55. The highest BCUT2D eigenvalue weighted by Gasteiger charge is 2.35. The first-order valence-corrected chi connectivity index (χ1v) is 6.44. The lowest BCUT2D eigenvalue weighted by atomic mass is 10.0. The maximum Gasteiger partial charge on any atom is 0.416 e. The summed E-state index contributed by atoms with van der Waals surface area (Å²) in [7, 11) is 0. The number of carbonyl (C=O) groups excluding carboxylic acids is 1. The van der Waals surface area contributed by atoms with Crippen LogP contribution in [0.5, 0.6) is 0 Å². The van der Waals surface area contributed by atoms with Crippen LogP contribution in [0.3, 0.4) is 0 Å². The van der Waals surface area contributed by atoms with Gasteiger partial charge < -0.3 is 10.0 Å². The van der Waals surface area contributed by atoms with Gasteiger partial charge in [0, 0.05) is 13.1 Å². The van der Waals surface area contributed by atoms with Crippen LogP contribution >= 0.6 is 0 Å². The van der Waals surface area contributed by atoms with E-state index in [9.17, 15) is 22.8 Å². The van der Waals surface area contributed by atoms with Crippen LogP contribution in [0.4, 0.5) is 13.2 Å². The maximum atomic E-state index is 12.8. The van der Waals surface area contributed by atoms with Crippen molar-refractivity contribution in [2.24, 2.45) is 5.92 Å². The van der Waals surface area contributed by atoms with E-state index in [0.29, 0.717) is 6.42 Å². The molecule has 1 unspecified atom stereocenters. The number of amides is 1. The molecule has 0 aliphatic carbocycles. The summed E-state index contributed by atoms with van der Waals surface area (Å²) in [5, 5.41) is 8.87. The van der Waals surface area contributed by atoms with E-state index in [1.54, 1.807) is 0 Å². The quantitative estimate of drug-likeness (QED) is 0.931. The summed E-state index contributed by atoms with van der Waals surface area (Å²) in [6, 6.07) is 4.92. The topological polar surface area (TPSA) is 57.6 Å². The number of hydrogen-bond donors (Lipinski definition) is 1. The van der Waals surface area contributed by atoms with Gasteiger partial charge in [0.1, 0.15) is 0 Å². The molecule has 1 aromatic rings. The summed E-state index contributed by atoms with van der Waals surface area (Å²) in [6.07, 6.45) is -4.55. The Morgan fingerprint density at radius 2 is 1.95 bits per heavy atom. The monoisotopic (exact) mass is 301 g/mol. The van der Waals surface area contributed by atoms with Crippen LogP contribution in [0, 0.1) is 5.92 Å². The number of nitrogens with zero attached hydrogens (tertiary/aromatic N) is 1. The van der Waals surface area contributed by atoms with Crippen molar-refractivity contribution < 1.29 is 27.9 Å². The lowest BCUT2D eigenvalue weighted by Crippen LogP contribution is -2.31. The molecular weight excluding hydrogens is 287 g/mol. The predicted octanol–water partition coefficient (Wildman–Crippen LogP) is 2.18. The Kier molecular flexibility index (Phi) is 4.20. The average Bonchev–Trinajstić information content (AvgIpc) is 2.88. The predicted molar refractivity (Wildman–Crippen MR) is 67.5 cm³/mol. The van der Waals surface area contributed by atoms with Gasteiger partial charge in [-0.15, -0.1) is 0 Å². The SMILES string of the molecule is O=C(O)C1CCN(C(=O)Cc2ccccc2C(F)(F)F)C1. The molecule has 1 fully saturated rings. The molecule has 0 aromatic heterocycles. The number of carboxylic acid groups (broad SMARTS) is 1. The molecular formula is C14H14F3NO3. The normalized spacial score (nSPS) is 18.8. The van der Waals surface area contributed by atoms with Gasteiger partial charge in [-0.1, -0.05) is 18.2 Å². The number of halogens is 3. The van der Waals surface area contributed by atoms with Gasteiger partial charge in [0.15, 0.2) is 0 Å². The molecule has 0 radical (unpaired) electrons. The Hall–Kier alpha value is -2.05. The molecule has 2 rings (SSSR count). The standard InChI is InChI=1S/C14H14F3NO3/c15-14(16,17)11-4-2-1-3-9(11)7-12(19)18-6-5-10(8-18)13(20)21/h1-4,10H,5-8H2,(H,20,21). The zero-order valence-corrected chi connectivity index (χ0v) is 11.1. The zero-order chi connectivity index (χ0) is 15.6. The van der Waals surface area contributed by atoms with Gasteiger partial charge in [0.2, 0.25) is 5.91 Å². The fourth-order valence-corrected chi connectivity index (χ4v) is 2.41. The number of alkyl halides is 3. The number of likely N-dealkylation sites (tertiary alicyclic amines) is 1. The molecule has 7 heteroatoms. The highest BCUT2D eigenvalue weighted by molar-refractivity contribution is 5.81. The number of carboxylic acids is 1. The highest BCUT2D eigenvalue weighted by atomic mass is 19.4. The summed E-state index contributed by atoms with van der Waals surface area (Å²) in [5.41, 5.74) is -0.916. The molecule has 4 nitrogen and oxygen atoms in total. The highest BCUT2D eigenvalue weighted by Crippen LogP contribution is 2.32. The van der Waals surface area contributed by atoms with E-state index < -0.39 is 29.5 Å². The van der Waals surface area contributed by atoms with Crippen LogP contribution in [0.15, 0.2) is 24.3 Å². The number of rotatable bonds is 3. The Bertz CT molecular complexity index is 557. The molecule has 1 heterocycles. The summed E-state index contributed by atoms with van der Waals surface area (Å²) < 4.78 is 38.5. The number of hydrogen-bond acceptors (Lipinski definition) is 2. The van der Waals surface area contributed by atoms with Gasteiger partial charge in [-0.2, -0.15) is 13.2 Å². The maximum absolute atomic E-state index is 12.8. The van der Waals surface area contributed by atoms with Crippen LogP contribution in [0.1, 0.15) is 17.5 Å². The smallest absolute Gasteiger partial charge is 0.416 e. The van der Waals surface area contributed by atoms with Gasteiger partial charge in [0.05, 0.1) is 17.9 Å². The van der Waals surface area contributed by atoms with Gasteiger partial charge in [-0.3, -0.25) is 9.59 Å². The molecule has 1 atom stereocenters. The van der Waals surface area contributed by atoms with E-state index in [1.807, 2.05) is 0 Å². The summed E-state index contributed by atoms with van der Waals surface area (Å²) in [5.74, 6) is -2.09. The Morgan fingerprint density at radius 3 is 2.52 bits per heavy atom. The second-order valence-corrected chi connectivity index (χ2v) is 5.00. The van der Waals surface area contributed by atoms with Gasteiger partial charge >= 0.3 is 12.1 Å². The minimum atomic E-state index is -4.51. The Balaban J connectivity index is 2.09. The first kappa shape index (κ1) is 15.3. The van der Waals surface area contributed by atoms with Crippen molar-refractivity contribution in [3.8, 4) is 0 Å². The molecule has 1 amide bonds. The molecule has 114 valence electrons. The third kappa shape index (κ3) is 3.53. The van der Waals surface area contributed by atoms with Gasteiger partial charge in [-0.05, 0) is 18.1 Å². The fraction of sp³-hybridized carbons (Fsp3) is 0.429. The van der Waals surface area contributed by atoms with Crippen LogP contribution in [-0.2, 0) is 22.2 Å². The molecule has 1 aromatic carbocycles. The van der Waals surface area contributed by atoms with Crippen molar-refractivity contribution in [3.05, 3.63) is 35.4 Å². The molecule has 1 N–H and O–H groups in total. The lowest BCUT2D eigenvalue weighted by Gasteiger charge is -2.18. The van der Waals surface area contributed by atoms with E-state index in [2.05, 4.69) is 0 Å². The minimum absolute atomic E-state index is 0.0579. The molecule has 1 aliphatic rings. The van der Waals surface area contributed by atoms with Crippen molar-refractivity contribution in [1.82, 2.24) is 4.90 Å². The molecule has 0 spiro atoms. The van der Waals surface area contributed by atoms with Gasteiger partial charge in [-0.25, -0.2) is 0 Å². The molecule has 21 heavy (non-hydrogen) atoms.